The molecule has 4 atom stereocenters. The number of aliphatic hydroxyl groups is 1. The monoisotopic (exact) mass is 749 g/mol. The van der Waals surface area contributed by atoms with E-state index in [4.69, 9.17) is 9.47 Å². The van der Waals surface area contributed by atoms with Crippen molar-refractivity contribution in [2.24, 2.45) is 5.92 Å². The van der Waals surface area contributed by atoms with Crippen LogP contribution in [0, 0.1) is 35.0 Å². The second-order valence-electron chi connectivity index (χ2n) is 12.4. The largest absolute Gasteiger partial charge is 0.478 e. The number of aromatic carboxylic acids is 1. The van der Waals surface area contributed by atoms with Crippen LogP contribution in [0.25, 0.3) is 11.1 Å². The zero-order chi connectivity index (χ0) is 37.8. The van der Waals surface area contributed by atoms with E-state index >= 15 is 0 Å². The first kappa shape index (κ1) is 37.7. The van der Waals surface area contributed by atoms with Gasteiger partial charge in [-0.2, -0.15) is 0 Å². The summed E-state index contributed by atoms with van der Waals surface area (Å²) in [5, 5.41) is 21.5. The first-order valence-corrected chi connectivity index (χ1v) is 17.4. The summed E-state index contributed by atoms with van der Waals surface area (Å²) >= 11 is 1.38. The van der Waals surface area contributed by atoms with Gasteiger partial charge in [-0.25, -0.2) is 26.7 Å². The molecule has 0 spiro atoms. The first-order valence-electron chi connectivity index (χ1n) is 16.4. The van der Waals surface area contributed by atoms with Crippen molar-refractivity contribution in [1.82, 2.24) is 5.32 Å². The van der Waals surface area contributed by atoms with Gasteiger partial charge in [0.1, 0.15) is 5.56 Å². The molecule has 1 aliphatic rings. The van der Waals surface area contributed by atoms with Crippen molar-refractivity contribution in [2.45, 2.75) is 43.5 Å². The molecular formula is C40H32F5NO6S. The van der Waals surface area contributed by atoms with Crippen LogP contribution in [0.5, 0.6) is 0 Å². The maximum absolute atomic E-state index is 14.2. The average Bonchev–Trinajstić information content (AvgIpc) is 3.18. The van der Waals surface area contributed by atoms with E-state index in [1.807, 2.05) is 55.5 Å². The molecule has 1 heterocycles. The van der Waals surface area contributed by atoms with Crippen LogP contribution in [-0.2, 0) is 22.6 Å². The maximum atomic E-state index is 14.2. The summed E-state index contributed by atoms with van der Waals surface area (Å²) in [7, 11) is 0. The summed E-state index contributed by atoms with van der Waals surface area (Å²) in [6, 6.07) is 28.3. The van der Waals surface area contributed by atoms with E-state index in [2.05, 4.69) is 5.32 Å². The van der Waals surface area contributed by atoms with Crippen LogP contribution in [0.3, 0.4) is 0 Å². The highest BCUT2D eigenvalue weighted by Crippen LogP contribution is 2.44. The third-order valence-corrected chi connectivity index (χ3v) is 10.1. The number of carboxylic acid groups (broad SMARTS) is 1. The van der Waals surface area contributed by atoms with E-state index in [1.54, 1.807) is 48.5 Å². The van der Waals surface area contributed by atoms with Crippen molar-refractivity contribution in [3.05, 3.63) is 160 Å². The molecule has 1 aliphatic heterocycles. The average molecular weight is 750 g/mol. The number of benzene rings is 5. The molecule has 1 saturated heterocycles. The highest BCUT2D eigenvalue weighted by molar-refractivity contribution is 7.99. The Labute approximate surface area is 305 Å². The molecule has 274 valence electrons. The molecule has 53 heavy (non-hydrogen) atoms. The number of thioether (sulfide) groups is 1. The van der Waals surface area contributed by atoms with E-state index in [1.165, 1.54) is 11.8 Å². The number of carbonyl (C=O) groups is 2. The van der Waals surface area contributed by atoms with Crippen molar-refractivity contribution in [1.29, 1.82) is 0 Å². The smallest absolute Gasteiger partial charge is 0.336 e. The first-order chi connectivity index (χ1) is 25.5. The Morgan fingerprint density at radius 1 is 0.736 bits per heavy atom. The quantitative estimate of drug-likeness (QED) is 0.0537. The second kappa shape index (κ2) is 16.3. The number of carboxylic acids is 1. The Balaban J connectivity index is 1.24. The van der Waals surface area contributed by atoms with Crippen molar-refractivity contribution in [2.75, 3.05) is 5.75 Å². The SMILES string of the molecule is C[C@H]1[C@@H](CSc2ccccc2C(=O)O)O[C@@H](c2cccc(-c3cccc(CNC(=O)c4c(F)c(F)c(F)c(F)c4F)c3)c2)O[C@H]1c1ccc(CO)cc1. The van der Waals surface area contributed by atoms with Crippen LogP contribution < -0.4 is 5.32 Å². The van der Waals surface area contributed by atoms with Gasteiger partial charge in [0.15, 0.2) is 29.6 Å². The Kier molecular flexibility index (Phi) is 11.6. The summed E-state index contributed by atoms with van der Waals surface area (Å²) in [5.74, 6) is -13.4. The Hall–Kier alpha value is -5.08. The number of ether oxygens (including phenoxy) is 2. The standard InChI is InChI=1S/C40H32F5NO6S/c1-21-29(20-53-30-11-3-2-10-28(30)39(49)50)51-40(52-37(21)24-14-12-22(19-47)13-15-24)27-9-5-8-26(17-27)25-7-4-6-23(16-25)18-46-38(48)31-32(41)34(43)36(45)35(44)33(31)42/h2-17,21,29,37,40,47H,18-20H2,1H3,(H,46,48)(H,49,50)/t21-,29+,37+,40+/m0/s1. The number of hydrogen-bond donors (Lipinski definition) is 3. The molecule has 13 heteroatoms. The maximum Gasteiger partial charge on any atom is 0.336 e. The second-order valence-corrected chi connectivity index (χ2v) is 13.4. The van der Waals surface area contributed by atoms with Crippen molar-refractivity contribution in [3.63, 3.8) is 0 Å². The third-order valence-electron chi connectivity index (χ3n) is 8.95. The zero-order valence-electron chi connectivity index (χ0n) is 28.0. The van der Waals surface area contributed by atoms with Gasteiger partial charge < -0.3 is 25.0 Å². The van der Waals surface area contributed by atoms with E-state index in [0.29, 0.717) is 27.3 Å². The molecule has 1 fully saturated rings. The van der Waals surface area contributed by atoms with Gasteiger partial charge in [0.25, 0.3) is 5.91 Å². The molecule has 0 radical (unpaired) electrons. The fraction of sp³-hybridized carbons (Fsp3) is 0.200. The lowest BCUT2D eigenvalue weighted by Crippen LogP contribution is -2.38. The predicted molar refractivity (Wildman–Crippen MR) is 186 cm³/mol. The molecule has 0 saturated carbocycles. The van der Waals surface area contributed by atoms with Crippen LogP contribution >= 0.6 is 11.8 Å². The Morgan fingerprint density at radius 3 is 2.06 bits per heavy atom. The van der Waals surface area contributed by atoms with Crippen LogP contribution in [-0.4, -0.2) is 33.9 Å². The predicted octanol–water partition coefficient (Wildman–Crippen LogP) is 8.75. The van der Waals surface area contributed by atoms with Gasteiger partial charge in [-0.15, -0.1) is 11.8 Å². The number of nitrogens with one attached hydrogen (secondary N) is 1. The van der Waals surface area contributed by atoms with Gasteiger partial charge in [-0.05, 0) is 52.1 Å². The lowest BCUT2D eigenvalue weighted by Gasteiger charge is -2.41. The minimum Gasteiger partial charge on any atom is -0.478 e. The molecule has 3 N–H and O–H groups in total. The fourth-order valence-electron chi connectivity index (χ4n) is 6.05. The molecule has 1 amide bonds. The lowest BCUT2D eigenvalue weighted by atomic mass is 9.91. The molecule has 0 unspecified atom stereocenters. The molecule has 5 aromatic rings. The van der Waals surface area contributed by atoms with Gasteiger partial charge in [0, 0.05) is 28.7 Å². The molecule has 6 rings (SSSR count). The van der Waals surface area contributed by atoms with Crippen molar-refractivity contribution >= 4 is 23.6 Å². The number of rotatable bonds is 11. The number of carbonyl (C=O) groups excluding carboxylic acids is 1. The minimum absolute atomic E-state index is 0.110. The summed E-state index contributed by atoms with van der Waals surface area (Å²) in [6.45, 7) is 1.61. The lowest BCUT2D eigenvalue weighted by molar-refractivity contribution is -0.268. The summed E-state index contributed by atoms with van der Waals surface area (Å²) in [5.41, 5.74) is 2.81. The van der Waals surface area contributed by atoms with E-state index in [-0.39, 0.29) is 30.7 Å². The third kappa shape index (κ3) is 8.13. The molecule has 5 aromatic carbocycles. The van der Waals surface area contributed by atoms with Gasteiger partial charge >= 0.3 is 5.97 Å². The topological polar surface area (TPSA) is 105 Å². The van der Waals surface area contributed by atoms with Crippen molar-refractivity contribution in [3.8, 4) is 11.1 Å². The highest BCUT2D eigenvalue weighted by Gasteiger charge is 2.38. The Morgan fingerprint density at radius 2 is 1.38 bits per heavy atom. The van der Waals surface area contributed by atoms with Gasteiger partial charge in [-0.3, -0.25) is 4.79 Å². The van der Waals surface area contributed by atoms with Crippen LogP contribution in [0.2, 0.25) is 0 Å². The number of amides is 1. The molecule has 7 nitrogen and oxygen atoms in total. The van der Waals surface area contributed by atoms with E-state index < -0.39 is 58.9 Å². The number of halogens is 5. The van der Waals surface area contributed by atoms with Crippen LogP contribution in [0.15, 0.2) is 102 Å². The fourth-order valence-corrected chi connectivity index (χ4v) is 7.26. The van der Waals surface area contributed by atoms with Gasteiger partial charge in [0.2, 0.25) is 5.82 Å². The molecule has 0 bridgehead atoms. The summed E-state index contributed by atoms with van der Waals surface area (Å²) in [6.07, 6.45) is -1.63. The van der Waals surface area contributed by atoms with Crippen LogP contribution in [0.4, 0.5) is 22.0 Å². The van der Waals surface area contributed by atoms with E-state index in [9.17, 15) is 41.8 Å². The summed E-state index contributed by atoms with van der Waals surface area (Å²) < 4.78 is 82.3. The van der Waals surface area contributed by atoms with Crippen molar-refractivity contribution < 1.29 is 51.2 Å². The summed E-state index contributed by atoms with van der Waals surface area (Å²) in [4.78, 5) is 25.0. The molecule has 0 aliphatic carbocycles. The van der Waals surface area contributed by atoms with Crippen LogP contribution in [0.1, 0.15) is 62.3 Å². The Bertz CT molecular complexity index is 2120. The number of aliphatic hydroxyl groups excluding tert-OH is 1. The molecular weight excluding hydrogens is 717 g/mol. The number of hydrogen-bond acceptors (Lipinski definition) is 6. The normalized spacial score (nSPS) is 18.5. The highest BCUT2D eigenvalue weighted by atomic mass is 32.2. The van der Waals surface area contributed by atoms with Gasteiger partial charge in [-0.1, -0.05) is 79.7 Å². The van der Waals surface area contributed by atoms with Gasteiger partial charge in [0.05, 0.1) is 24.4 Å². The molecule has 0 aromatic heterocycles. The minimum atomic E-state index is -2.35. The van der Waals surface area contributed by atoms with E-state index in [0.717, 1.165) is 16.7 Å². The zero-order valence-corrected chi connectivity index (χ0v) is 28.8.